The van der Waals surface area contributed by atoms with Gasteiger partial charge in [0.1, 0.15) is 0 Å². The summed E-state index contributed by atoms with van der Waals surface area (Å²) >= 11 is 8.16. The van der Waals surface area contributed by atoms with E-state index in [2.05, 4.69) is 34.2 Å². The van der Waals surface area contributed by atoms with E-state index in [4.69, 9.17) is 11.6 Å². The Balaban J connectivity index is 1.78. The molecule has 0 amide bonds. The van der Waals surface area contributed by atoms with Crippen LogP contribution in [0.15, 0.2) is 17.5 Å². The van der Waals surface area contributed by atoms with Gasteiger partial charge in [0.15, 0.2) is 0 Å². The van der Waals surface area contributed by atoms with Crippen molar-refractivity contribution in [1.82, 2.24) is 9.80 Å². The average molecular weight is 259 g/mol. The summed E-state index contributed by atoms with van der Waals surface area (Å²) in [6.07, 6.45) is 0. The molecule has 2 heterocycles. The molecule has 0 aliphatic carbocycles. The second kappa shape index (κ2) is 6.01. The molecule has 0 aromatic carbocycles. The lowest BCUT2D eigenvalue weighted by molar-refractivity contribution is 0.137. The molecule has 1 aromatic heterocycles. The van der Waals surface area contributed by atoms with E-state index in [9.17, 15) is 0 Å². The van der Waals surface area contributed by atoms with Crippen LogP contribution in [0.4, 0.5) is 0 Å². The monoisotopic (exact) mass is 258 g/mol. The van der Waals surface area contributed by atoms with E-state index in [1.165, 1.54) is 24.5 Å². The van der Waals surface area contributed by atoms with Crippen molar-refractivity contribution >= 4 is 22.9 Å². The van der Waals surface area contributed by atoms with Crippen LogP contribution in [-0.4, -0.2) is 49.1 Å². The Morgan fingerprint density at radius 1 is 1.31 bits per heavy atom. The minimum absolute atomic E-state index is 0.160. The molecule has 1 aromatic rings. The molecular formula is C12H19ClN2S. The van der Waals surface area contributed by atoms with Gasteiger partial charge in [-0.1, -0.05) is 13.0 Å². The maximum atomic E-state index is 6.41. The quantitative estimate of drug-likeness (QED) is 0.767. The molecule has 90 valence electrons. The van der Waals surface area contributed by atoms with Gasteiger partial charge in [-0.05, 0) is 18.0 Å². The van der Waals surface area contributed by atoms with Gasteiger partial charge in [0, 0.05) is 37.6 Å². The fourth-order valence-corrected chi connectivity index (χ4v) is 3.19. The zero-order chi connectivity index (χ0) is 11.4. The summed E-state index contributed by atoms with van der Waals surface area (Å²) in [4.78, 5) is 6.26. The molecule has 0 saturated carbocycles. The third kappa shape index (κ3) is 3.20. The van der Waals surface area contributed by atoms with Gasteiger partial charge in [0.25, 0.3) is 0 Å². The van der Waals surface area contributed by atoms with Crippen molar-refractivity contribution in [2.24, 2.45) is 0 Å². The van der Waals surface area contributed by atoms with Crippen LogP contribution in [0.5, 0.6) is 0 Å². The number of nitrogens with zero attached hydrogens (tertiary/aromatic N) is 2. The predicted molar refractivity (Wildman–Crippen MR) is 71.5 cm³/mol. The minimum Gasteiger partial charge on any atom is -0.301 e. The van der Waals surface area contributed by atoms with Gasteiger partial charge in [-0.25, -0.2) is 0 Å². The molecule has 4 heteroatoms. The summed E-state index contributed by atoms with van der Waals surface area (Å²) in [6.45, 7) is 9.06. The molecule has 0 N–H and O–H groups in total. The summed E-state index contributed by atoms with van der Waals surface area (Å²) in [5, 5.41) is 2.26. The number of likely N-dealkylation sites (N-methyl/N-ethyl adjacent to an activating group) is 1. The van der Waals surface area contributed by atoms with Crippen LogP contribution in [0.2, 0.25) is 0 Å². The van der Waals surface area contributed by atoms with Crippen LogP contribution in [0.1, 0.15) is 17.2 Å². The molecule has 16 heavy (non-hydrogen) atoms. The Hall–Kier alpha value is -0.0900. The van der Waals surface area contributed by atoms with Crippen molar-refractivity contribution in [2.45, 2.75) is 12.3 Å². The summed E-state index contributed by atoms with van der Waals surface area (Å²) < 4.78 is 0. The Kier molecular flexibility index (Phi) is 4.65. The van der Waals surface area contributed by atoms with Crippen molar-refractivity contribution in [2.75, 3.05) is 39.3 Å². The number of rotatable bonds is 4. The lowest BCUT2D eigenvalue weighted by Crippen LogP contribution is -2.46. The first kappa shape index (κ1) is 12.4. The normalized spacial score (nSPS) is 21.1. The molecule has 1 fully saturated rings. The van der Waals surface area contributed by atoms with Crippen molar-refractivity contribution in [3.63, 3.8) is 0 Å². The second-order valence-electron chi connectivity index (χ2n) is 4.22. The van der Waals surface area contributed by atoms with Gasteiger partial charge in [0.2, 0.25) is 0 Å². The van der Waals surface area contributed by atoms with E-state index < -0.39 is 0 Å². The van der Waals surface area contributed by atoms with Gasteiger partial charge in [-0.2, -0.15) is 0 Å². The first-order chi connectivity index (χ1) is 7.79. The van der Waals surface area contributed by atoms with Gasteiger partial charge >= 0.3 is 0 Å². The Morgan fingerprint density at radius 2 is 2.00 bits per heavy atom. The van der Waals surface area contributed by atoms with Crippen LogP contribution in [0.3, 0.4) is 0 Å². The largest absolute Gasteiger partial charge is 0.301 e. The fourth-order valence-electron chi connectivity index (χ4n) is 2.07. The smallest absolute Gasteiger partial charge is 0.0805 e. The van der Waals surface area contributed by atoms with Crippen molar-refractivity contribution in [1.29, 1.82) is 0 Å². The summed E-state index contributed by atoms with van der Waals surface area (Å²) in [5.41, 5.74) is 0. The van der Waals surface area contributed by atoms with E-state index in [1.54, 1.807) is 11.3 Å². The molecular weight excluding hydrogens is 240 g/mol. The highest BCUT2D eigenvalue weighted by Gasteiger charge is 2.19. The highest BCUT2D eigenvalue weighted by atomic mass is 35.5. The Labute approximate surface area is 107 Å². The third-order valence-corrected chi connectivity index (χ3v) is 4.67. The Morgan fingerprint density at radius 3 is 2.56 bits per heavy atom. The topological polar surface area (TPSA) is 6.48 Å². The Bertz CT molecular complexity index is 294. The number of piperazine rings is 1. The SMILES string of the molecule is CCN1CCN(CC(Cl)c2cccs2)CC1. The number of alkyl halides is 1. The second-order valence-corrected chi connectivity index (χ2v) is 5.72. The lowest BCUT2D eigenvalue weighted by Gasteiger charge is -2.34. The van der Waals surface area contributed by atoms with Gasteiger partial charge in [-0.15, -0.1) is 22.9 Å². The summed E-state index contributed by atoms with van der Waals surface area (Å²) in [5.74, 6) is 0. The molecule has 1 saturated heterocycles. The van der Waals surface area contributed by atoms with E-state index in [0.717, 1.165) is 19.6 Å². The zero-order valence-corrected chi connectivity index (χ0v) is 11.3. The van der Waals surface area contributed by atoms with Crippen molar-refractivity contribution in [3.8, 4) is 0 Å². The molecule has 1 aliphatic rings. The zero-order valence-electron chi connectivity index (χ0n) is 9.73. The fraction of sp³-hybridized carbons (Fsp3) is 0.667. The van der Waals surface area contributed by atoms with Crippen LogP contribution in [0.25, 0.3) is 0 Å². The predicted octanol–water partition coefficient (Wildman–Crippen LogP) is 2.67. The van der Waals surface area contributed by atoms with Crippen LogP contribution in [0, 0.1) is 0 Å². The third-order valence-electron chi connectivity index (χ3n) is 3.18. The van der Waals surface area contributed by atoms with E-state index in [1.807, 2.05) is 0 Å². The number of thiophene rings is 1. The first-order valence-corrected chi connectivity index (χ1v) is 7.23. The van der Waals surface area contributed by atoms with Gasteiger partial charge in [0.05, 0.1) is 5.38 Å². The number of halogens is 1. The average Bonchev–Trinajstić information content (AvgIpc) is 2.83. The molecule has 0 radical (unpaired) electrons. The number of hydrogen-bond acceptors (Lipinski definition) is 3. The molecule has 1 atom stereocenters. The number of hydrogen-bond donors (Lipinski definition) is 0. The summed E-state index contributed by atoms with van der Waals surface area (Å²) in [7, 11) is 0. The van der Waals surface area contributed by atoms with Crippen LogP contribution >= 0.6 is 22.9 Å². The maximum Gasteiger partial charge on any atom is 0.0805 e. The van der Waals surface area contributed by atoms with Gasteiger partial charge < -0.3 is 4.90 Å². The highest BCUT2D eigenvalue weighted by molar-refractivity contribution is 7.10. The molecule has 1 aliphatic heterocycles. The van der Waals surface area contributed by atoms with Crippen LogP contribution < -0.4 is 0 Å². The molecule has 1 unspecified atom stereocenters. The van der Waals surface area contributed by atoms with Crippen molar-refractivity contribution < 1.29 is 0 Å². The van der Waals surface area contributed by atoms with E-state index >= 15 is 0 Å². The maximum absolute atomic E-state index is 6.41. The van der Waals surface area contributed by atoms with E-state index in [0.29, 0.717) is 0 Å². The van der Waals surface area contributed by atoms with Crippen molar-refractivity contribution in [3.05, 3.63) is 22.4 Å². The van der Waals surface area contributed by atoms with Gasteiger partial charge in [-0.3, -0.25) is 4.90 Å². The van der Waals surface area contributed by atoms with Crippen LogP contribution in [-0.2, 0) is 0 Å². The highest BCUT2D eigenvalue weighted by Crippen LogP contribution is 2.26. The molecule has 2 nitrogen and oxygen atoms in total. The lowest BCUT2D eigenvalue weighted by atomic mass is 10.2. The molecule has 0 spiro atoms. The molecule has 0 bridgehead atoms. The van der Waals surface area contributed by atoms with E-state index in [-0.39, 0.29) is 5.38 Å². The standard InChI is InChI=1S/C12H19ClN2S/c1-2-14-5-7-15(8-6-14)10-11(13)12-4-3-9-16-12/h3-4,9,11H,2,5-8,10H2,1H3. The summed E-state index contributed by atoms with van der Waals surface area (Å²) in [6, 6.07) is 4.20. The molecule has 2 rings (SSSR count). The minimum atomic E-state index is 0.160. The first-order valence-electron chi connectivity index (χ1n) is 5.91.